The smallest absolute Gasteiger partial charge is 0.245 e. The number of nitrogens with zero attached hydrogens (tertiary/aromatic N) is 2. The van der Waals surface area contributed by atoms with E-state index in [0.717, 1.165) is 18.5 Å². The maximum absolute atomic E-state index is 12.0. The van der Waals surface area contributed by atoms with Crippen molar-refractivity contribution in [1.82, 2.24) is 9.88 Å². The lowest BCUT2D eigenvalue weighted by Gasteiger charge is -2.21. The molecule has 0 atom stereocenters. The average molecular weight is 313 g/mol. The number of thiazole rings is 1. The molecule has 2 amide bonds. The van der Waals surface area contributed by atoms with Crippen LogP contribution in [0.5, 0.6) is 0 Å². The molecule has 0 aliphatic rings. The highest BCUT2D eigenvalue weighted by Crippen LogP contribution is 2.14. The van der Waals surface area contributed by atoms with Gasteiger partial charge in [0.05, 0.1) is 12.2 Å². The van der Waals surface area contributed by atoms with Gasteiger partial charge in [-0.05, 0) is 19.8 Å². The van der Waals surface area contributed by atoms with E-state index in [9.17, 15) is 9.59 Å². The van der Waals surface area contributed by atoms with E-state index >= 15 is 0 Å². The second kappa shape index (κ2) is 9.46. The molecular formula is C14H23N3O3S. The fraction of sp³-hybridized carbons (Fsp3) is 0.643. The molecular weight excluding hydrogens is 290 g/mol. The summed E-state index contributed by atoms with van der Waals surface area (Å²) in [5.41, 5.74) is 0.870. The minimum Gasteiger partial charge on any atom is -0.385 e. The van der Waals surface area contributed by atoms with E-state index in [0.29, 0.717) is 24.7 Å². The van der Waals surface area contributed by atoms with Crippen molar-refractivity contribution < 1.29 is 14.3 Å². The van der Waals surface area contributed by atoms with Crippen LogP contribution in [0.4, 0.5) is 5.13 Å². The Bertz CT molecular complexity index is 462. The molecule has 0 fully saturated rings. The maximum Gasteiger partial charge on any atom is 0.245 e. The van der Waals surface area contributed by atoms with E-state index in [2.05, 4.69) is 10.3 Å². The third kappa shape index (κ3) is 6.68. The van der Waals surface area contributed by atoms with Crippen LogP contribution in [0.15, 0.2) is 5.38 Å². The Balaban J connectivity index is 2.53. The van der Waals surface area contributed by atoms with Crippen molar-refractivity contribution in [2.45, 2.75) is 33.1 Å². The molecule has 1 heterocycles. The van der Waals surface area contributed by atoms with Gasteiger partial charge in [-0.15, -0.1) is 11.3 Å². The predicted octanol–water partition coefficient (Wildman–Crippen LogP) is 2.06. The van der Waals surface area contributed by atoms with Crippen LogP contribution in [0.2, 0.25) is 0 Å². The minimum atomic E-state index is -0.216. The van der Waals surface area contributed by atoms with Crippen LogP contribution in [0.1, 0.15) is 31.9 Å². The Morgan fingerprint density at radius 3 is 2.81 bits per heavy atom. The molecule has 1 aromatic rings. The van der Waals surface area contributed by atoms with Gasteiger partial charge < -0.3 is 15.0 Å². The Hall–Kier alpha value is -1.47. The van der Waals surface area contributed by atoms with E-state index < -0.39 is 0 Å². The van der Waals surface area contributed by atoms with Crippen LogP contribution >= 0.6 is 11.3 Å². The lowest BCUT2D eigenvalue weighted by molar-refractivity contribution is -0.134. The highest BCUT2D eigenvalue weighted by Gasteiger charge is 2.16. The van der Waals surface area contributed by atoms with Crippen LogP contribution in [0.3, 0.4) is 0 Å². The normalized spacial score (nSPS) is 10.4. The Morgan fingerprint density at radius 2 is 2.24 bits per heavy atom. The fourth-order valence-electron chi connectivity index (χ4n) is 1.81. The molecule has 0 saturated carbocycles. The summed E-state index contributed by atoms with van der Waals surface area (Å²) in [4.78, 5) is 29.8. The van der Waals surface area contributed by atoms with Gasteiger partial charge in [-0.25, -0.2) is 4.98 Å². The SMILES string of the molecule is CCCC(=O)N(CCCOC)CC(=O)Nc1nc(C)cs1. The number of ether oxygens (including phenoxy) is 1. The van der Waals surface area contributed by atoms with Crippen LogP contribution < -0.4 is 5.32 Å². The molecule has 0 aromatic carbocycles. The first-order valence-corrected chi connectivity index (χ1v) is 7.93. The van der Waals surface area contributed by atoms with Crippen LogP contribution in [0, 0.1) is 6.92 Å². The average Bonchev–Trinajstić information content (AvgIpc) is 2.83. The molecule has 0 bridgehead atoms. The molecule has 6 nitrogen and oxygen atoms in total. The molecule has 21 heavy (non-hydrogen) atoms. The fourth-order valence-corrected chi connectivity index (χ4v) is 2.51. The summed E-state index contributed by atoms with van der Waals surface area (Å²) in [6.45, 7) is 4.97. The van der Waals surface area contributed by atoms with E-state index in [1.807, 2.05) is 19.2 Å². The summed E-state index contributed by atoms with van der Waals surface area (Å²) in [6.07, 6.45) is 1.94. The molecule has 0 radical (unpaired) electrons. The number of hydrogen-bond acceptors (Lipinski definition) is 5. The highest BCUT2D eigenvalue weighted by molar-refractivity contribution is 7.13. The molecule has 118 valence electrons. The third-order valence-electron chi connectivity index (χ3n) is 2.79. The standard InChI is InChI=1S/C14H23N3O3S/c1-4-6-13(19)17(7-5-8-20-3)9-12(18)16-14-15-11(2)10-21-14/h10H,4-9H2,1-3H3,(H,15,16,18). The van der Waals surface area contributed by atoms with Gasteiger partial charge in [0.25, 0.3) is 0 Å². The van der Waals surface area contributed by atoms with Gasteiger partial charge in [-0.1, -0.05) is 6.92 Å². The zero-order chi connectivity index (χ0) is 15.7. The van der Waals surface area contributed by atoms with E-state index in [1.54, 1.807) is 12.0 Å². The van der Waals surface area contributed by atoms with Crippen molar-refractivity contribution in [2.24, 2.45) is 0 Å². The number of carbonyl (C=O) groups excluding carboxylic acids is 2. The van der Waals surface area contributed by atoms with Gasteiger partial charge in [-0.3, -0.25) is 9.59 Å². The number of carbonyl (C=O) groups is 2. The summed E-state index contributed by atoms with van der Waals surface area (Å²) in [5.74, 6) is -0.217. The van der Waals surface area contributed by atoms with Crippen molar-refractivity contribution in [2.75, 3.05) is 32.1 Å². The number of nitrogens with one attached hydrogen (secondary N) is 1. The quantitative estimate of drug-likeness (QED) is 0.708. The topological polar surface area (TPSA) is 71.5 Å². The zero-order valence-electron chi connectivity index (χ0n) is 12.8. The number of anilines is 1. The van der Waals surface area contributed by atoms with Crippen LogP contribution in [-0.2, 0) is 14.3 Å². The third-order valence-corrected chi connectivity index (χ3v) is 3.67. The van der Waals surface area contributed by atoms with Crippen molar-refractivity contribution in [1.29, 1.82) is 0 Å². The van der Waals surface area contributed by atoms with Crippen LogP contribution in [-0.4, -0.2) is 48.5 Å². The molecule has 0 unspecified atom stereocenters. The van der Waals surface area contributed by atoms with Crippen molar-refractivity contribution in [3.05, 3.63) is 11.1 Å². The first kappa shape index (κ1) is 17.6. The van der Waals surface area contributed by atoms with E-state index in [4.69, 9.17) is 4.74 Å². The monoisotopic (exact) mass is 313 g/mol. The number of methoxy groups -OCH3 is 1. The van der Waals surface area contributed by atoms with Crippen molar-refractivity contribution >= 4 is 28.3 Å². The van der Waals surface area contributed by atoms with Gasteiger partial charge in [0.2, 0.25) is 11.8 Å². The lowest BCUT2D eigenvalue weighted by Crippen LogP contribution is -2.38. The van der Waals surface area contributed by atoms with Crippen molar-refractivity contribution in [3.63, 3.8) is 0 Å². The van der Waals surface area contributed by atoms with Gasteiger partial charge in [-0.2, -0.15) is 0 Å². The summed E-state index contributed by atoms with van der Waals surface area (Å²) >= 11 is 1.38. The maximum atomic E-state index is 12.0. The molecule has 0 aliphatic heterocycles. The zero-order valence-corrected chi connectivity index (χ0v) is 13.7. The van der Waals surface area contributed by atoms with Gasteiger partial charge in [0, 0.05) is 32.1 Å². The lowest BCUT2D eigenvalue weighted by atomic mass is 10.2. The molecule has 0 spiro atoms. The highest BCUT2D eigenvalue weighted by atomic mass is 32.1. The van der Waals surface area contributed by atoms with Crippen LogP contribution in [0.25, 0.3) is 0 Å². The Morgan fingerprint density at radius 1 is 1.48 bits per heavy atom. The van der Waals surface area contributed by atoms with E-state index in [1.165, 1.54) is 11.3 Å². The summed E-state index contributed by atoms with van der Waals surface area (Å²) in [5, 5.41) is 5.16. The molecule has 0 saturated heterocycles. The predicted molar refractivity (Wildman–Crippen MR) is 83.5 cm³/mol. The largest absolute Gasteiger partial charge is 0.385 e. The molecule has 0 aliphatic carbocycles. The summed E-state index contributed by atoms with van der Waals surface area (Å²) in [7, 11) is 1.62. The Kier molecular flexibility index (Phi) is 7.92. The Labute approximate surface area is 129 Å². The molecule has 7 heteroatoms. The second-order valence-corrected chi connectivity index (χ2v) is 5.61. The van der Waals surface area contributed by atoms with Gasteiger partial charge in [0.1, 0.15) is 0 Å². The first-order chi connectivity index (χ1) is 10.1. The summed E-state index contributed by atoms with van der Waals surface area (Å²) in [6, 6.07) is 0. The number of aromatic nitrogens is 1. The second-order valence-electron chi connectivity index (χ2n) is 4.75. The summed E-state index contributed by atoms with van der Waals surface area (Å²) < 4.78 is 4.99. The molecule has 1 aromatic heterocycles. The molecule has 1 N–H and O–H groups in total. The number of aryl methyl sites for hydroxylation is 1. The number of rotatable bonds is 9. The number of hydrogen-bond donors (Lipinski definition) is 1. The molecule has 1 rings (SSSR count). The minimum absolute atomic E-state index is 0.000859. The van der Waals surface area contributed by atoms with Crippen molar-refractivity contribution in [3.8, 4) is 0 Å². The van der Waals surface area contributed by atoms with Gasteiger partial charge >= 0.3 is 0 Å². The van der Waals surface area contributed by atoms with Gasteiger partial charge in [0.15, 0.2) is 5.13 Å². The first-order valence-electron chi connectivity index (χ1n) is 7.05. The number of amides is 2. The van der Waals surface area contributed by atoms with E-state index in [-0.39, 0.29) is 18.4 Å².